The Labute approximate surface area is 191 Å². The van der Waals surface area contributed by atoms with E-state index in [-0.39, 0.29) is 5.36 Å². The van der Waals surface area contributed by atoms with Crippen LogP contribution in [0.5, 0.6) is 0 Å². The average Bonchev–Trinajstić information content (AvgIpc) is 3.45. The monoisotopic (exact) mass is 474 g/mol. The lowest BCUT2D eigenvalue weighted by molar-refractivity contribution is -0.137. The minimum absolute atomic E-state index is 0.271. The second-order valence-electron chi connectivity index (χ2n) is 7.69. The number of alkyl halides is 3. The van der Waals surface area contributed by atoms with Gasteiger partial charge in [-0.3, -0.25) is 0 Å². The summed E-state index contributed by atoms with van der Waals surface area (Å²) in [7, 11) is 0. The van der Waals surface area contributed by atoms with Crippen LogP contribution in [0.2, 0.25) is 0 Å². The highest BCUT2D eigenvalue weighted by Crippen LogP contribution is 2.48. The predicted molar refractivity (Wildman–Crippen MR) is 125 cm³/mol. The van der Waals surface area contributed by atoms with E-state index in [2.05, 4.69) is 15.0 Å². The van der Waals surface area contributed by atoms with Gasteiger partial charge in [-0.1, -0.05) is 23.8 Å². The first-order chi connectivity index (χ1) is 15.8. The second kappa shape index (κ2) is 6.61. The Bertz CT molecular complexity index is 2000. The van der Waals surface area contributed by atoms with Gasteiger partial charge >= 0.3 is 6.18 Å². The van der Waals surface area contributed by atoms with Crippen molar-refractivity contribution in [1.29, 1.82) is 5.26 Å². The highest BCUT2D eigenvalue weighted by atomic mass is 32.1. The Balaban J connectivity index is 1.85. The topological polar surface area (TPSA) is 52.9 Å². The molecule has 0 atom stereocenters. The maximum Gasteiger partial charge on any atom is 0.416 e. The van der Waals surface area contributed by atoms with E-state index in [4.69, 9.17) is 6.57 Å². The van der Waals surface area contributed by atoms with Crippen molar-refractivity contribution in [2.45, 2.75) is 13.1 Å². The molecule has 2 heterocycles. The standard InChI is InChI=1S/C24H9F3N4S2/c1-10-3-5-12-14(7-10)19(31-29-2)21-17(12)23-22(33-21)16-13-6-4-11(24(25,26)27)8-15(13)18(30-9-28)20(16)32-23/h3-8H,1H3/b30-18?,31-19+. The van der Waals surface area contributed by atoms with Gasteiger partial charge in [-0.25, -0.2) is 0 Å². The number of aryl methyl sites for hydroxylation is 1. The molecule has 0 saturated heterocycles. The third kappa shape index (κ3) is 2.61. The van der Waals surface area contributed by atoms with Crippen molar-refractivity contribution in [2.75, 3.05) is 0 Å². The molecule has 158 valence electrons. The van der Waals surface area contributed by atoms with Crippen molar-refractivity contribution in [1.82, 2.24) is 0 Å². The molecule has 4 nitrogen and oxygen atoms in total. The Morgan fingerprint density at radius 3 is 2.09 bits per heavy atom. The van der Waals surface area contributed by atoms with Crippen LogP contribution >= 0.6 is 22.7 Å². The minimum atomic E-state index is -4.49. The molecule has 0 radical (unpaired) electrons. The summed E-state index contributed by atoms with van der Waals surface area (Å²) in [6.07, 6.45) is -2.74. The van der Waals surface area contributed by atoms with Gasteiger partial charge in [0.05, 0.1) is 29.5 Å². The van der Waals surface area contributed by atoms with Crippen molar-refractivity contribution < 1.29 is 13.2 Å². The second-order valence-corrected chi connectivity index (χ2v) is 9.73. The summed E-state index contributed by atoms with van der Waals surface area (Å²) in [5.74, 6) is 0. The molecule has 0 aliphatic rings. The maximum atomic E-state index is 13.3. The van der Waals surface area contributed by atoms with Crippen LogP contribution in [0.4, 0.5) is 13.2 Å². The summed E-state index contributed by atoms with van der Waals surface area (Å²) < 4.78 is 43.5. The number of hydrogen-bond acceptors (Lipinski definition) is 5. The molecule has 6 rings (SSSR count). The molecule has 0 spiro atoms. The summed E-state index contributed by atoms with van der Waals surface area (Å²) in [6, 6.07) is 9.61. The summed E-state index contributed by atoms with van der Waals surface area (Å²) in [6.45, 7) is 9.25. The van der Waals surface area contributed by atoms with Crippen molar-refractivity contribution in [3.05, 3.63) is 69.8 Å². The lowest BCUT2D eigenvalue weighted by Gasteiger charge is -2.06. The number of halogens is 3. The lowest BCUT2D eigenvalue weighted by atomic mass is 10.1. The molecule has 9 heteroatoms. The number of nitrogens with zero attached hydrogens (tertiary/aromatic N) is 4. The van der Waals surface area contributed by atoms with Gasteiger partial charge in [0.15, 0.2) is 5.36 Å². The highest BCUT2D eigenvalue weighted by Gasteiger charge is 2.31. The Hall–Kier alpha value is -3.79. The first-order valence-electron chi connectivity index (χ1n) is 9.68. The third-order valence-electron chi connectivity index (χ3n) is 5.84. The molecule has 0 N–H and O–H groups in total. The fourth-order valence-electron chi connectivity index (χ4n) is 4.52. The number of benzene rings is 2. The summed E-state index contributed by atoms with van der Waals surface area (Å²) >= 11 is 2.90. The summed E-state index contributed by atoms with van der Waals surface area (Å²) in [5.41, 5.74) is 0.284. The molecule has 4 aromatic carbocycles. The van der Waals surface area contributed by atoms with Gasteiger partial charge in [0.1, 0.15) is 5.36 Å². The molecule has 0 saturated carbocycles. The van der Waals surface area contributed by atoms with Crippen molar-refractivity contribution in [2.24, 2.45) is 10.1 Å². The number of thiophene rings is 2. The van der Waals surface area contributed by atoms with Crippen LogP contribution in [0.3, 0.4) is 0 Å². The van der Waals surface area contributed by atoms with E-state index in [0.29, 0.717) is 20.8 Å². The molecule has 2 aromatic heterocycles. The normalized spacial score (nSPS) is 13.8. The number of fused-ring (bicyclic) bond motifs is 9. The van der Waals surface area contributed by atoms with Gasteiger partial charge in [0.25, 0.3) is 0 Å². The highest BCUT2D eigenvalue weighted by molar-refractivity contribution is 7.37. The van der Waals surface area contributed by atoms with Gasteiger partial charge in [-0.2, -0.15) is 30.0 Å². The zero-order valence-electron chi connectivity index (χ0n) is 16.7. The van der Waals surface area contributed by atoms with Crippen LogP contribution in [0, 0.1) is 25.0 Å². The van der Waals surface area contributed by atoms with Crippen molar-refractivity contribution in [3.8, 4) is 6.19 Å². The van der Waals surface area contributed by atoms with Gasteiger partial charge in [0, 0.05) is 21.5 Å². The quantitative estimate of drug-likeness (QED) is 0.134. The van der Waals surface area contributed by atoms with Crippen LogP contribution in [0.1, 0.15) is 11.1 Å². The number of hydrogen-bond donors (Lipinski definition) is 0. The van der Waals surface area contributed by atoms with E-state index in [9.17, 15) is 18.4 Å². The molecule has 0 amide bonds. The molecular formula is C24H9F3N4S2. The van der Waals surface area contributed by atoms with E-state index < -0.39 is 11.7 Å². The van der Waals surface area contributed by atoms with E-state index in [1.165, 1.54) is 28.7 Å². The molecule has 33 heavy (non-hydrogen) atoms. The summed E-state index contributed by atoms with van der Waals surface area (Å²) in [5, 5.41) is 18.8. The van der Waals surface area contributed by atoms with Crippen LogP contribution in [-0.2, 0) is 6.18 Å². The fraction of sp³-hybridized carbons (Fsp3) is 0.0833. The predicted octanol–water partition coefficient (Wildman–Crippen LogP) is 6.90. The van der Waals surface area contributed by atoms with Crippen molar-refractivity contribution in [3.63, 3.8) is 0 Å². The zero-order valence-corrected chi connectivity index (χ0v) is 18.3. The van der Waals surface area contributed by atoms with E-state index in [1.807, 2.05) is 25.1 Å². The smallest absolute Gasteiger partial charge is 0.181 e. The van der Waals surface area contributed by atoms with E-state index in [1.54, 1.807) is 6.19 Å². The Kier molecular flexibility index (Phi) is 3.98. The number of rotatable bonds is 0. The van der Waals surface area contributed by atoms with Crippen LogP contribution in [0.25, 0.3) is 56.1 Å². The molecule has 0 fully saturated rings. The van der Waals surface area contributed by atoms with Gasteiger partial charge in [0.2, 0.25) is 6.19 Å². The lowest BCUT2D eigenvalue weighted by Crippen LogP contribution is -2.05. The first kappa shape index (κ1) is 19.9. The van der Waals surface area contributed by atoms with Crippen LogP contribution < -0.4 is 10.7 Å². The first-order valence-corrected chi connectivity index (χ1v) is 11.3. The maximum absolute atomic E-state index is 13.3. The molecule has 6 aromatic rings. The number of nitriles is 1. The molecule has 0 aliphatic heterocycles. The third-order valence-corrected chi connectivity index (χ3v) is 8.39. The van der Waals surface area contributed by atoms with E-state index >= 15 is 0 Å². The zero-order chi connectivity index (χ0) is 23.1. The van der Waals surface area contributed by atoms with Gasteiger partial charge in [-0.05, 0) is 35.9 Å². The van der Waals surface area contributed by atoms with Crippen LogP contribution in [-0.4, -0.2) is 0 Å². The molecule has 0 aliphatic carbocycles. The SMILES string of the molecule is [C-]#[N+]/N=c1\c2cc(C)ccc2c2c1sc1c2sc2c(=NC#N)c3cc(C(F)(F)F)ccc3c21. The average molecular weight is 474 g/mol. The minimum Gasteiger partial charge on any atom is -0.181 e. The van der Waals surface area contributed by atoms with E-state index in [0.717, 1.165) is 53.3 Å². The largest absolute Gasteiger partial charge is 0.416 e. The van der Waals surface area contributed by atoms with Gasteiger partial charge in [-0.15, -0.1) is 27.6 Å². The van der Waals surface area contributed by atoms with Crippen molar-refractivity contribution >= 4 is 73.8 Å². The Morgan fingerprint density at radius 1 is 0.879 bits per heavy atom. The molecule has 0 unspecified atom stereocenters. The fourth-order valence-corrected chi connectivity index (χ4v) is 7.45. The van der Waals surface area contributed by atoms with Crippen LogP contribution in [0.15, 0.2) is 46.5 Å². The summed E-state index contributed by atoms with van der Waals surface area (Å²) in [4.78, 5) is 7.17. The molecule has 0 bridgehead atoms. The molecular weight excluding hydrogens is 465 g/mol. The van der Waals surface area contributed by atoms with Gasteiger partial charge < -0.3 is 0 Å². The Morgan fingerprint density at radius 2 is 1.48 bits per heavy atom.